The van der Waals surface area contributed by atoms with Gasteiger partial charge in [-0.2, -0.15) is 0 Å². The molecular formula is C12H12FNO2. The Morgan fingerprint density at radius 1 is 1.56 bits per heavy atom. The number of ether oxygens (including phenoxy) is 1. The molecule has 1 aromatic heterocycles. The van der Waals surface area contributed by atoms with Crippen LogP contribution in [0.4, 0.5) is 4.39 Å². The fourth-order valence-corrected chi connectivity index (χ4v) is 1.02. The number of unbranched alkanes of at least 4 members (excludes halogenated alkanes) is 1. The number of rotatable bonds is 2. The molecule has 0 atom stereocenters. The van der Waals surface area contributed by atoms with Crippen LogP contribution < -0.4 is 0 Å². The van der Waals surface area contributed by atoms with E-state index in [0.29, 0.717) is 6.42 Å². The molecule has 16 heavy (non-hydrogen) atoms. The molecule has 0 amide bonds. The largest absolute Gasteiger partial charge is 0.464 e. The standard InChI is InChI=1S/C12H12FNO2/c1-3-4-5-6-10-9(13)7-8-11(14-10)12(15)16-2/h7-8H,3-4H2,1-2H3. The van der Waals surface area contributed by atoms with Gasteiger partial charge in [-0.3, -0.25) is 0 Å². The first-order chi connectivity index (χ1) is 7.69. The molecule has 84 valence electrons. The molecular weight excluding hydrogens is 209 g/mol. The van der Waals surface area contributed by atoms with Crippen molar-refractivity contribution >= 4 is 5.97 Å². The van der Waals surface area contributed by atoms with Gasteiger partial charge in [0.25, 0.3) is 0 Å². The summed E-state index contributed by atoms with van der Waals surface area (Å²) in [6.07, 6.45) is 1.56. The lowest BCUT2D eigenvalue weighted by molar-refractivity contribution is 0.0594. The quantitative estimate of drug-likeness (QED) is 0.567. The van der Waals surface area contributed by atoms with E-state index < -0.39 is 11.8 Å². The molecule has 0 aliphatic rings. The number of nitrogens with zero attached hydrogens (tertiary/aromatic N) is 1. The van der Waals surface area contributed by atoms with E-state index in [1.807, 2.05) is 6.92 Å². The van der Waals surface area contributed by atoms with Crippen LogP contribution >= 0.6 is 0 Å². The van der Waals surface area contributed by atoms with Gasteiger partial charge in [0.05, 0.1) is 7.11 Å². The van der Waals surface area contributed by atoms with Crippen molar-refractivity contribution in [3.63, 3.8) is 0 Å². The third-order valence-electron chi connectivity index (χ3n) is 1.82. The summed E-state index contributed by atoms with van der Waals surface area (Å²) in [7, 11) is 1.25. The molecule has 0 bridgehead atoms. The highest BCUT2D eigenvalue weighted by Crippen LogP contribution is 2.06. The lowest BCUT2D eigenvalue weighted by Crippen LogP contribution is -2.06. The zero-order chi connectivity index (χ0) is 12.0. The summed E-state index contributed by atoms with van der Waals surface area (Å²) >= 11 is 0. The summed E-state index contributed by atoms with van der Waals surface area (Å²) in [5.41, 5.74) is 0.0426. The second-order valence-electron chi connectivity index (χ2n) is 3.07. The topological polar surface area (TPSA) is 39.2 Å². The molecule has 0 N–H and O–H groups in total. The molecule has 0 unspecified atom stereocenters. The number of pyridine rings is 1. The van der Waals surface area contributed by atoms with Gasteiger partial charge in [0, 0.05) is 6.42 Å². The lowest BCUT2D eigenvalue weighted by atomic mass is 10.2. The van der Waals surface area contributed by atoms with Gasteiger partial charge in [-0.25, -0.2) is 14.2 Å². The van der Waals surface area contributed by atoms with Gasteiger partial charge in [-0.15, -0.1) is 0 Å². The highest BCUT2D eigenvalue weighted by atomic mass is 19.1. The summed E-state index contributed by atoms with van der Waals surface area (Å²) in [5.74, 6) is 4.23. The first kappa shape index (κ1) is 12.2. The highest BCUT2D eigenvalue weighted by Gasteiger charge is 2.10. The number of carbonyl (C=O) groups excluding carboxylic acids is 1. The van der Waals surface area contributed by atoms with E-state index in [4.69, 9.17) is 0 Å². The number of aromatic nitrogens is 1. The lowest BCUT2D eigenvalue weighted by Gasteiger charge is -1.99. The molecule has 4 heteroatoms. The Morgan fingerprint density at radius 2 is 2.31 bits per heavy atom. The van der Waals surface area contributed by atoms with Crippen LogP contribution in [0.3, 0.4) is 0 Å². The first-order valence-electron chi connectivity index (χ1n) is 4.92. The van der Waals surface area contributed by atoms with Crippen molar-refractivity contribution in [1.82, 2.24) is 4.98 Å². The van der Waals surface area contributed by atoms with Crippen molar-refractivity contribution in [3.8, 4) is 11.8 Å². The van der Waals surface area contributed by atoms with Gasteiger partial charge in [0.15, 0.2) is 5.82 Å². The third-order valence-corrected chi connectivity index (χ3v) is 1.82. The van der Waals surface area contributed by atoms with Crippen molar-refractivity contribution < 1.29 is 13.9 Å². The Balaban J connectivity index is 3.01. The smallest absolute Gasteiger partial charge is 0.356 e. The predicted molar refractivity (Wildman–Crippen MR) is 57.3 cm³/mol. The van der Waals surface area contributed by atoms with E-state index in [0.717, 1.165) is 12.5 Å². The van der Waals surface area contributed by atoms with Crippen LogP contribution in [0.5, 0.6) is 0 Å². The molecule has 1 aromatic rings. The minimum Gasteiger partial charge on any atom is -0.464 e. The van der Waals surface area contributed by atoms with Crippen molar-refractivity contribution in [2.75, 3.05) is 7.11 Å². The average Bonchev–Trinajstić information content (AvgIpc) is 2.31. The molecule has 0 spiro atoms. The van der Waals surface area contributed by atoms with Crippen LogP contribution in [0.15, 0.2) is 12.1 Å². The monoisotopic (exact) mass is 221 g/mol. The van der Waals surface area contributed by atoms with Crippen molar-refractivity contribution in [2.24, 2.45) is 0 Å². The van der Waals surface area contributed by atoms with E-state index in [9.17, 15) is 9.18 Å². The van der Waals surface area contributed by atoms with E-state index in [2.05, 4.69) is 21.6 Å². The Labute approximate surface area is 93.6 Å². The molecule has 0 saturated heterocycles. The molecule has 1 heterocycles. The molecule has 0 aromatic carbocycles. The summed E-state index contributed by atoms with van der Waals surface area (Å²) in [4.78, 5) is 14.9. The maximum atomic E-state index is 13.2. The molecule has 3 nitrogen and oxygen atoms in total. The number of hydrogen-bond donors (Lipinski definition) is 0. The second kappa shape index (κ2) is 5.86. The molecule has 0 radical (unpaired) electrons. The summed E-state index contributed by atoms with van der Waals surface area (Å²) < 4.78 is 17.7. The van der Waals surface area contributed by atoms with Crippen molar-refractivity contribution in [3.05, 3.63) is 29.3 Å². The number of hydrogen-bond acceptors (Lipinski definition) is 3. The fourth-order valence-electron chi connectivity index (χ4n) is 1.02. The summed E-state index contributed by atoms with van der Waals surface area (Å²) in [5, 5.41) is 0. The van der Waals surface area contributed by atoms with Crippen LogP contribution in [-0.4, -0.2) is 18.1 Å². The van der Waals surface area contributed by atoms with E-state index in [1.54, 1.807) is 0 Å². The number of methoxy groups -OCH3 is 1. The van der Waals surface area contributed by atoms with Gasteiger partial charge in [-0.1, -0.05) is 12.8 Å². The van der Waals surface area contributed by atoms with Crippen LogP contribution in [0, 0.1) is 17.7 Å². The predicted octanol–water partition coefficient (Wildman–Crippen LogP) is 2.16. The van der Waals surface area contributed by atoms with Crippen LogP contribution in [0.25, 0.3) is 0 Å². The number of halogens is 1. The number of carbonyl (C=O) groups is 1. The Kier molecular flexibility index (Phi) is 4.46. The Bertz CT molecular complexity index is 446. The third kappa shape index (κ3) is 3.06. The van der Waals surface area contributed by atoms with E-state index in [-0.39, 0.29) is 11.4 Å². The molecule has 0 aliphatic heterocycles. The zero-order valence-electron chi connectivity index (χ0n) is 9.21. The SMILES string of the molecule is CCCC#Cc1nc(C(=O)OC)ccc1F. The second-order valence-corrected chi connectivity index (χ2v) is 3.07. The van der Waals surface area contributed by atoms with Gasteiger partial charge < -0.3 is 4.74 Å². The number of esters is 1. The summed E-state index contributed by atoms with van der Waals surface area (Å²) in [6.45, 7) is 1.98. The Hall–Kier alpha value is -1.89. The van der Waals surface area contributed by atoms with E-state index >= 15 is 0 Å². The van der Waals surface area contributed by atoms with Crippen LogP contribution in [-0.2, 0) is 4.74 Å². The minimum absolute atomic E-state index is 0.0173. The van der Waals surface area contributed by atoms with Gasteiger partial charge in [0.2, 0.25) is 0 Å². The van der Waals surface area contributed by atoms with Gasteiger partial charge >= 0.3 is 5.97 Å². The summed E-state index contributed by atoms with van der Waals surface area (Å²) in [6, 6.07) is 2.43. The van der Waals surface area contributed by atoms with Gasteiger partial charge in [-0.05, 0) is 24.5 Å². The van der Waals surface area contributed by atoms with Gasteiger partial charge in [0.1, 0.15) is 11.4 Å². The maximum absolute atomic E-state index is 13.2. The normalized spacial score (nSPS) is 9.19. The molecule has 1 rings (SSSR count). The molecule has 0 saturated carbocycles. The molecule has 0 aliphatic carbocycles. The van der Waals surface area contributed by atoms with Crippen LogP contribution in [0.1, 0.15) is 35.9 Å². The zero-order valence-corrected chi connectivity index (χ0v) is 9.21. The minimum atomic E-state index is -0.599. The Morgan fingerprint density at radius 3 is 2.94 bits per heavy atom. The maximum Gasteiger partial charge on any atom is 0.356 e. The van der Waals surface area contributed by atoms with Crippen LogP contribution in [0.2, 0.25) is 0 Å². The van der Waals surface area contributed by atoms with E-state index in [1.165, 1.54) is 13.2 Å². The average molecular weight is 221 g/mol. The van der Waals surface area contributed by atoms with Crippen molar-refractivity contribution in [2.45, 2.75) is 19.8 Å². The fraction of sp³-hybridized carbons (Fsp3) is 0.333. The highest BCUT2D eigenvalue weighted by molar-refractivity contribution is 5.87. The molecule has 0 fully saturated rings. The first-order valence-corrected chi connectivity index (χ1v) is 4.92. The van der Waals surface area contributed by atoms with Crippen molar-refractivity contribution in [1.29, 1.82) is 0 Å².